The second-order valence-electron chi connectivity index (χ2n) is 6.35. The van der Waals surface area contributed by atoms with Crippen molar-refractivity contribution in [2.24, 2.45) is 0 Å². The zero-order valence-electron chi connectivity index (χ0n) is 15.1. The van der Waals surface area contributed by atoms with Crippen molar-refractivity contribution in [1.29, 1.82) is 0 Å². The first-order valence-corrected chi connectivity index (χ1v) is 8.60. The van der Waals surface area contributed by atoms with E-state index < -0.39 is 11.8 Å². The minimum absolute atomic E-state index is 0.0240. The Morgan fingerprint density at radius 2 is 2.07 bits per heavy atom. The van der Waals surface area contributed by atoms with Gasteiger partial charge in [0.1, 0.15) is 18.1 Å². The Hall–Kier alpha value is -3.68. The van der Waals surface area contributed by atoms with Gasteiger partial charge in [-0.2, -0.15) is 5.10 Å². The number of nitrogens with zero attached hydrogens (tertiary/aromatic N) is 3. The lowest BCUT2D eigenvalue weighted by Crippen LogP contribution is -2.32. The highest BCUT2D eigenvalue weighted by Crippen LogP contribution is 2.34. The zero-order chi connectivity index (χ0) is 19.7. The number of hydrogen-bond acceptors (Lipinski definition) is 4. The van der Waals surface area contributed by atoms with Gasteiger partial charge in [-0.25, -0.2) is 9.18 Å². The van der Waals surface area contributed by atoms with Crippen LogP contribution in [0.3, 0.4) is 0 Å². The molecule has 0 unspecified atom stereocenters. The number of amides is 3. The van der Waals surface area contributed by atoms with Crippen molar-refractivity contribution in [3.05, 3.63) is 66.2 Å². The van der Waals surface area contributed by atoms with Crippen molar-refractivity contribution in [3.63, 3.8) is 0 Å². The SMILES string of the molecule is COc1cc(N2CC(=O)N(Cc3cccc(F)c3)C2=O)ccc1-c1cn[nH]c1. The smallest absolute Gasteiger partial charge is 0.332 e. The van der Waals surface area contributed by atoms with Crippen LogP contribution in [0.1, 0.15) is 5.56 Å². The molecule has 8 heteroatoms. The third kappa shape index (κ3) is 3.20. The Balaban J connectivity index is 1.60. The van der Waals surface area contributed by atoms with E-state index in [9.17, 15) is 14.0 Å². The van der Waals surface area contributed by atoms with E-state index in [4.69, 9.17) is 4.74 Å². The van der Waals surface area contributed by atoms with Gasteiger partial charge in [0, 0.05) is 29.1 Å². The van der Waals surface area contributed by atoms with E-state index in [1.807, 2.05) is 6.07 Å². The molecule has 0 spiro atoms. The van der Waals surface area contributed by atoms with Crippen molar-refractivity contribution in [1.82, 2.24) is 15.1 Å². The summed E-state index contributed by atoms with van der Waals surface area (Å²) in [7, 11) is 1.54. The summed E-state index contributed by atoms with van der Waals surface area (Å²) in [4.78, 5) is 27.7. The van der Waals surface area contributed by atoms with Gasteiger partial charge in [0.2, 0.25) is 0 Å². The number of H-pyrrole nitrogens is 1. The molecule has 0 bridgehead atoms. The molecule has 0 radical (unpaired) electrons. The van der Waals surface area contributed by atoms with E-state index in [2.05, 4.69) is 10.2 Å². The maximum atomic E-state index is 13.4. The number of methoxy groups -OCH3 is 1. The van der Waals surface area contributed by atoms with E-state index in [1.165, 1.54) is 24.1 Å². The second kappa shape index (κ2) is 7.15. The average molecular weight is 380 g/mol. The molecule has 1 N–H and O–H groups in total. The quantitative estimate of drug-likeness (QED) is 0.690. The summed E-state index contributed by atoms with van der Waals surface area (Å²) in [6.07, 6.45) is 3.41. The minimum atomic E-state index is -0.452. The fourth-order valence-corrected chi connectivity index (χ4v) is 3.20. The highest BCUT2D eigenvalue weighted by molar-refractivity contribution is 6.12. The molecule has 0 aliphatic carbocycles. The number of ether oxygens (including phenoxy) is 1. The van der Waals surface area contributed by atoms with E-state index in [0.29, 0.717) is 17.0 Å². The molecule has 142 valence electrons. The van der Waals surface area contributed by atoms with Gasteiger partial charge in [0.15, 0.2) is 0 Å². The molecule has 4 rings (SSSR count). The van der Waals surface area contributed by atoms with Gasteiger partial charge in [-0.3, -0.25) is 19.7 Å². The van der Waals surface area contributed by atoms with E-state index in [-0.39, 0.29) is 19.0 Å². The molecule has 1 aliphatic rings. The lowest BCUT2D eigenvalue weighted by Gasteiger charge is -2.18. The molecule has 0 atom stereocenters. The number of hydrogen-bond donors (Lipinski definition) is 1. The van der Waals surface area contributed by atoms with Crippen LogP contribution in [-0.2, 0) is 11.3 Å². The van der Waals surface area contributed by atoms with Crippen LogP contribution in [-0.4, -0.2) is 40.7 Å². The van der Waals surface area contributed by atoms with E-state index in [0.717, 1.165) is 16.0 Å². The molecule has 1 aliphatic heterocycles. The Kier molecular flexibility index (Phi) is 4.52. The van der Waals surface area contributed by atoms with Crippen LogP contribution in [0, 0.1) is 5.82 Å². The minimum Gasteiger partial charge on any atom is -0.496 e. The molecule has 1 fully saturated rings. The van der Waals surface area contributed by atoms with Gasteiger partial charge in [0.05, 0.1) is 19.9 Å². The van der Waals surface area contributed by atoms with E-state index >= 15 is 0 Å². The van der Waals surface area contributed by atoms with Crippen molar-refractivity contribution < 1.29 is 18.7 Å². The van der Waals surface area contributed by atoms with Crippen LogP contribution >= 0.6 is 0 Å². The summed E-state index contributed by atoms with van der Waals surface area (Å²) in [6.45, 7) is -0.0570. The molecular formula is C20H17FN4O3. The maximum absolute atomic E-state index is 13.4. The van der Waals surface area contributed by atoms with Gasteiger partial charge in [0.25, 0.3) is 5.91 Å². The number of benzene rings is 2. The molecule has 3 amide bonds. The first kappa shape index (κ1) is 17.7. The molecule has 28 heavy (non-hydrogen) atoms. The van der Waals surface area contributed by atoms with Crippen LogP contribution in [0.25, 0.3) is 11.1 Å². The molecule has 0 saturated carbocycles. The number of urea groups is 1. The number of halogens is 1. The topological polar surface area (TPSA) is 78.5 Å². The molecule has 2 heterocycles. The largest absolute Gasteiger partial charge is 0.496 e. The number of aromatic amines is 1. The fraction of sp³-hybridized carbons (Fsp3) is 0.150. The number of carbonyl (C=O) groups is 2. The number of rotatable bonds is 5. The summed E-state index contributed by atoms with van der Waals surface area (Å²) >= 11 is 0. The van der Waals surface area contributed by atoms with Crippen molar-refractivity contribution >= 4 is 17.6 Å². The lowest BCUT2D eigenvalue weighted by molar-refractivity contribution is -0.125. The first-order valence-electron chi connectivity index (χ1n) is 8.60. The van der Waals surface area contributed by atoms with Crippen LogP contribution in [0.2, 0.25) is 0 Å². The molecule has 2 aromatic carbocycles. The number of nitrogens with one attached hydrogen (secondary N) is 1. The van der Waals surface area contributed by atoms with Gasteiger partial charge >= 0.3 is 6.03 Å². The summed E-state index contributed by atoms with van der Waals surface area (Å²) in [5.74, 6) is -0.192. The van der Waals surface area contributed by atoms with Crippen molar-refractivity contribution in [2.75, 3.05) is 18.6 Å². The Morgan fingerprint density at radius 3 is 2.79 bits per heavy atom. The third-order valence-electron chi connectivity index (χ3n) is 4.59. The Morgan fingerprint density at radius 1 is 1.21 bits per heavy atom. The standard InChI is InChI=1S/C20H17FN4O3/c1-28-18-8-16(5-6-17(18)14-9-22-23-10-14)24-12-19(26)25(20(24)27)11-13-3-2-4-15(21)7-13/h2-10H,11-12H2,1H3,(H,22,23). The number of anilines is 1. The summed E-state index contributed by atoms with van der Waals surface area (Å²) in [5, 5.41) is 6.68. The normalized spacial score (nSPS) is 14.1. The van der Waals surface area contributed by atoms with Crippen LogP contribution in [0.15, 0.2) is 54.9 Å². The summed E-state index contributed by atoms with van der Waals surface area (Å²) in [6, 6.07) is 10.7. The zero-order valence-corrected chi connectivity index (χ0v) is 15.1. The molecule has 1 saturated heterocycles. The van der Waals surface area contributed by atoms with Crippen LogP contribution in [0.5, 0.6) is 5.75 Å². The van der Waals surface area contributed by atoms with Crippen molar-refractivity contribution in [3.8, 4) is 16.9 Å². The number of aromatic nitrogens is 2. The third-order valence-corrected chi connectivity index (χ3v) is 4.59. The average Bonchev–Trinajstić information content (AvgIpc) is 3.32. The second-order valence-corrected chi connectivity index (χ2v) is 6.35. The Labute approximate surface area is 160 Å². The molecule has 7 nitrogen and oxygen atoms in total. The summed E-state index contributed by atoms with van der Waals surface area (Å²) < 4.78 is 18.8. The maximum Gasteiger partial charge on any atom is 0.332 e. The number of imide groups is 1. The van der Waals surface area contributed by atoms with Crippen LogP contribution in [0.4, 0.5) is 14.9 Å². The highest BCUT2D eigenvalue weighted by Gasteiger charge is 2.37. The van der Waals surface area contributed by atoms with Gasteiger partial charge in [-0.1, -0.05) is 12.1 Å². The predicted octanol–water partition coefficient (Wildman–Crippen LogP) is 3.19. The fourth-order valence-electron chi connectivity index (χ4n) is 3.20. The van der Waals surface area contributed by atoms with Gasteiger partial charge in [-0.15, -0.1) is 0 Å². The van der Waals surface area contributed by atoms with Gasteiger partial charge < -0.3 is 4.74 Å². The molecule has 1 aromatic heterocycles. The highest BCUT2D eigenvalue weighted by atomic mass is 19.1. The molecular weight excluding hydrogens is 363 g/mol. The summed E-state index contributed by atoms with van der Waals surface area (Å²) in [5.41, 5.74) is 2.76. The molecule has 3 aromatic rings. The predicted molar refractivity (Wildman–Crippen MR) is 100 cm³/mol. The number of carbonyl (C=O) groups excluding carboxylic acids is 2. The lowest BCUT2D eigenvalue weighted by atomic mass is 10.1. The first-order chi connectivity index (χ1) is 13.6. The van der Waals surface area contributed by atoms with Crippen molar-refractivity contribution in [2.45, 2.75) is 6.54 Å². The van der Waals surface area contributed by atoms with E-state index in [1.54, 1.807) is 36.7 Å². The van der Waals surface area contributed by atoms with Crippen LogP contribution < -0.4 is 9.64 Å². The van der Waals surface area contributed by atoms with Gasteiger partial charge in [-0.05, 0) is 29.8 Å². The Bertz CT molecular complexity index is 1040. The monoisotopic (exact) mass is 380 g/mol.